The van der Waals surface area contributed by atoms with Crippen LogP contribution in [0.1, 0.15) is 5.56 Å². The molecule has 0 atom stereocenters. The van der Waals surface area contributed by atoms with Gasteiger partial charge < -0.3 is 14.5 Å². The maximum atomic E-state index is 5.23. The molecule has 110 valence electrons. The molecule has 21 heavy (non-hydrogen) atoms. The first kappa shape index (κ1) is 14.0. The van der Waals surface area contributed by atoms with Gasteiger partial charge in [0.1, 0.15) is 0 Å². The Morgan fingerprint density at radius 2 is 1.48 bits per heavy atom. The average Bonchev–Trinajstić information content (AvgIpc) is 2.55. The second-order valence-electron chi connectivity index (χ2n) is 5.38. The summed E-state index contributed by atoms with van der Waals surface area (Å²) in [7, 11) is 1.76. The fourth-order valence-electron chi connectivity index (χ4n) is 2.88. The summed E-state index contributed by atoms with van der Waals surface area (Å²) in [5.74, 6) is 0. The van der Waals surface area contributed by atoms with Crippen LogP contribution in [0.25, 0.3) is 0 Å². The summed E-state index contributed by atoms with van der Waals surface area (Å²) >= 11 is 0. The first-order valence-electron chi connectivity index (χ1n) is 7.50. The minimum atomic E-state index is 0.771. The van der Waals surface area contributed by atoms with Crippen molar-refractivity contribution >= 4 is 11.4 Å². The van der Waals surface area contributed by atoms with Gasteiger partial charge in [-0.3, -0.25) is 0 Å². The van der Waals surface area contributed by atoms with Gasteiger partial charge in [0, 0.05) is 33.3 Å². The topological polar surface area (TPSA) is 15.7 Å². The molecule has 3 rings (SSSR count). The molecule has 3 nitrogen and oxygen atoms in total. The average molecular weight is 282 g/mol. The largest absolute Gasteiger partial charge is 0.383 e. The number of anilines is 2. The molecule has 0 radical (unpaired) electrons. The molecule has 0 fully saturated rings. The van der Waals surface area contributed by atoms with Crippen LogP contribution >= 0.6 is 0 Å². The Kier molecular flexibility index (Phi) is 4.41. The van der Waals surface area contributed by atoms with Gasteiger partial charge in [-0.2, -0.15) is 0 Å². The zero-order chi connectivity index (χ0) is 14.5. The normalized spacial score (nSPS) is 14.1. The lowest BCUT2D eigenvalue weighted by atomic mass is 10.1. The fourth-order valence-corrected chi connectivity index (χ4v) is 2.88. The van der Waals surface area contributed by atoms with E-state index in [1.807, 2.05) is 0 Å². The molecule has 0 saturated carbocycles. The van der Waals surface area contributed by atoms with Crippen molar-refractivity contribution in [2.45, 2.75) is 6.54 Å². The summed E-state index contributed by atoms with van der Waals surface area (Å²) in [6.07, 6.45) is 0. The van der Waals surface area contributed by atoms with Gasteiger partial charge in [-0.1, -0.05) is 42.5 Å². The van der Waals surface area contributed by atoms with E-state index in [1.54, 1.807) is 7.11 Å². The minimum Gasteiger partial charge on any atom is -0.383 e. The van der Waals surface area contributed by atoms with E-state index < -0.39 is 0 Å². The van der Waals surface area contributed by atoms with Crippen LogP contribution in [0.2, 0.25) is 0 Å². The second kappa shape index (κ2) is 6.64. The number of para-hydroxylation sites is 2. The van der Waals surface area contributed by atoms with Crippen LogP contribution in [0, 0.1) is 0 Å². The van der Waals surface area contributed by atoms with E-state index in [1.165, 1.54) is 16.9 Å². The predicted octanol–water partition coefficient (Wildman–Crippen LogP) is 3.16. The van der Waals surface area contributed by atoms with Crippen molar-refractivity contribution in [2.75, 3.05) is 43.2 Å². The summed E-state index contributed by atoms with van der Waals surface area (Å²) in [6.45, 7) is 4.79. The van der Waals surface area contributed by atoms with Gasteiger partial charge in [0.25, 0.3) is 0 Å². The Balaban J connectivity index is 1.81. The van der Waals surface area contributed by atoms with Gasteiger partial charge >= 0.3 is 0 Å². The van der Waals surface area contributed by atoms with Crippen LogP contribution in [0.3, 0.4) is 0 Å². The zero-order valence-electron chi connectivity index (χ0n) is 12.5. The van der Waals surface area contributed by atoms with Gasteiger partial charge in [-0.25, -0.2) is 0 Å². The van der Waals surface area contributed by atoms with E-state index in [2.05, 4.69) is 64.4 Å². The van der Waals surface area contributed by atoms with Gasteiger partial charge in [-0.05, 0) is 17.7 Å². The molecular formula is C18H22N2O. The van der Waals surface area contributed by atoms with Crippen molar-refractivity contribution in [3.05, 3.63) is 60.2 Å². The zero-order valence-corrected chi connectivity index (χ0v) is 12.5. The Labute approximate surface area is 126 Å². The van der Waals surface area contributed by atoms with Gasteiger partial charge in [0.05, 0.1) is 18.0 Å². The number of rotatable bonds is 5. The van der Waals surface area contributed by atoms with E-state index >= 15 is 0 Å². The van der Waals surface area contributed by atoms with Crippen molar-refractivity contribution in [1.29, 1.82) is 0 Å². The minimum absolute atomic E-state index is 0.771. The number of fused-ring (bicyclic) bond motifs is 1. The Morgan fingerprint density at radius 3 is 2.19 bits per heavy atom. The first-order valence-corrected chi connectivity index (χ1v) is 7.50. The second-order valence-corrected chi connectivity index (χ2v) is 5.38. The summed E-state index contributed by atoms with van der Waals surface area (Å²) in [5, 5.41) is 0. The molecule has 0 saturated heterocycles. The summed E-state index contributed by atoms with van der Waals surface area (Å²) in [5.41, 5.74) is 4.00. The monoisotopic (exact) mass is 282 g/mol. The number of ether oxygens (including phenoxy) is 1. The molecule has 0 N–H and O–H groups in total. The smallest absolute Gasteiger partial charge is 0.0637 e. The van der Waals surface area contributed by atoms with E-state index in [9.17, 15) is 0 Å². The van der Waals surface area contributed by atoms with E-state index in [0.29, 0.717) is 0 Å². The van der Waals surface area contributed by atoms with Gasteiger partial charge in [0.2, 0.25) is 0 Å². The van der Waals surface area contributed by atoms with Crippen LogP contribution < -0.4 is 9.80 Å². The molecule has 0 amide bonds. The molecule has 0 unspecified atom stereocenters. The number of benzene rings is 2. The molecular weight excluding hydrogens is 260 g/mol. The SMILES string of the molecule is COCCN1CCN(Cc2ccccc2)c2ccccc21. The lowest BCUT2D eigenvalue weighted by molar-refractivity contribution is 0.205. The molecule has 1 heterocycles. The maximum absolute atomic E-state index is 5.23. The molecule has 1 aliphatic rings. The van der Waals surface area contributed by atoms with Crippen molar-refractivity contribution in [1.82, 2.24) is 0 Å². The van der Waals surface area contributed by atoms with E-state index in [0.717, 1.165) is 32.8 Å². The van der Waals surface area contributed by atoms with E-state index in [-0.39, 0.29) is 0 Å². The van der Waals surface area contributed by atoms with E-state index in [4.69, 9.17) is 4.74 Å². The highest BCUT2D eigenvalue weighted by molar-refractivity contribution is 5.73. The number of hydrogen-bond acceptors (Lipinski definition) is 3. The van der Waals surface area contributed by atoms with Crippen LogP contribution in [-0.4, -0.2) is 33.4 Å². The molecule has 1 aliphatic heterocycles. The summed E-state index contributed by atoms with van der Waals surface area (Å²) < 4.78 is 5.23. The highest BCUT2D eigenvalue weighted by Crippen LogP contribution is 2.33. The summed E-state index contributed by atoms with van der Waals surface area (Å²) in [6, 6.07) is 19.3. The van der Waals surface area contributed by atoms with Crippen molar-refractivity contribution in [3.8, 4) is 0 Å². The van der Waals surface area contributed by atoms with Crippen molar-refractivity contribution in [2.24, 2.45) is 0 Å². The Bertz CT molecular complexity index is 570. The molecule has 0 aromatic heterocycles. The van der Waals surface area contributed by atoms with Crippen LogP contribution in [0.4, 0.5) is 11.4 Å². The van der Waals surface area contributed by atoms with Crippen LogP contribution in [0.15, 0.2) is 54.6 Å². The fraction of sp³-hybridized carbons (Fsp3) is 0.333. The standard InChI is InChI=1S/C18H22N2O/c1-21-14-13-19-11-12-20(15-16-7-3-2-4-8-16)18-10-6-5-9-17(18)19/h2-10H,11-15H2,1H3. The number of nitrogens with zero attached hydrogens (tertiary/aromatic N) is 2. The lowest BCUT2D eigenvalue weighted by Gasteiger charge is -2.39. The Morgan fingerprint density at radius 1 is 0.857 bits per heavy atom. The first-order chi connectivity index (χ1) is 10.4. The third kappa shape index (κ3) is 3.19. The van der Waals surface area contributed by atoms with Crippen LogP contribution in [-0.2, 0) is 11.3 Å². The molecule has 0 aliphatic carbocycles. The molecule has 2 aromatic carbocycles. The number of hydrogen-bond donors (Lipinski definition) is 0. The van der Waals surface area contributed by atoms with Gasteiger partial charge in [0.15, 0.2) is 0 Å². The highest BCUT2D eigenvalue weighted by atomic mass is 16.5. The van der Waals surface area contributed by atoms with Crippen LogP contribution in [0.5, 0.6) is 0 Å². The maximum Gasteiger partial charge on any atom is 0.0637 e. The molecule has 0 spiro atoms. The molecule has 2 aromatic rings. The molecule has 0 bridgehead atoms. The quantitative estimate of drug-likeness (QED) is 0.838. The number of methoxy groups -OCH3 is 1. The highest BCUT2D eigenvalue weighted by Gasteiger charge is 2.21. The molecule has 3 heteroatoms. The van der Waals surface area contributed by atoms with Crippen molar-refractivity contribution < 1.29 is 4.74 Å². The van der Waals surface area contributed by atoms with Crippen molar-refractivity contribution in [3.63, 3.8) is 0 Å². The summed E-state index contributed by atoms with van der Waals surface area (Å²) in [4.78, 5) is 4.88. The third-order valence-electron chi connectivity index (χ3n) is 3.98. The Hall–Kier alpha value is -2.00. The van der Waals surface area contributed by atoms with Gasteiger partial charge in [-0.15, -0.1) is 0 Å². The third-order valence-corrected chi connectivity index (χ3v) is 3.98. The lowest BCUT2D eigenvalue weighted by Crippen LogP contribution is -2.42. The predicted molar refractivity (Wildman–Crippen MR) is 88.0 cm³/mol.